The van der Waals surface area contributed by atoms with Crippen LogP contribution in [-0.2, 0) is 0 Å². The molecule has 18 heavy (non-hydrogen) atoms. The molecular formula is C14H13N3O. The van der Waals surface area contributed by atoms with E-state index in [9.17, 15) is 0 Å². The molecule has 0 aliphatic carbocycles. The predicted octanol–water partition coefficient (Wildman–Crippen LogP) is 2.38. The minimum absolute atomic E-state index is 0.183. The zero-order valence-corrected chi connectivity index (χ0v) is 9.71. The summed E-state index contributed by atoms with van der Waals surface area (Å²) in [5.74, 6) is 6.38. The highest BCUT2D eigenvalue weighted by Crippen LogP contribution is 2.23. The van der Waals surface area contributed by atoms with E-state index in [1.165, 1.54) is 0 Å². The van der Waals surface area contributed by atoms with Crippen LogP contribution < -0.4 is 11.3 Å². The van der Waals surface area contributed by atoms with Crippen molar-refractivity contribution < 1.29 is 4.42 Å². The molecule has 0 saturated heterocycles. The summed E-state index contributed by atoms with van der Waals surface area (Å²) in [5.41, 5.74) is 4.70. The lowest BCUT2D eigenvalue weighted by molar-refractivity contribution is 0.452. The molecule has 0 radical (unpaired) electrons. The van der Waals surface area contributed by atoms with Crippen LogP contribution in [-0.4, -0.2) is 4.98 Å². The van der Waals surface area contributed by atoms with Crippen molar-refractivity contribution in [1.29, 1.82) is 0 Å². The van der Waals surface area contributed by atoms with Crippen molar-refractivity contribution in [3.05, 3.63) is 66.2 Å². The van der Waals surface area contributed by atoms with Gasteiger partial charge in [0.25, 0.3) is 0 Å². The van der Waals surface area contributed by atoms with Crippen molar-refractivity contribution >= 4 is 10.9 Å². The zero-order chi connectivity index (χ0) is 12.4. The van der Waals surface area contributed by atoms with Crippen LogP contribution >= 0.6 is 0 Å². The van der Waals surface area contributed by atoms with Gasteiger partial charge in [-0.25, -0.2) is 5.43 Å². The predicted molar refractivity (Wildman–Crippen MR) is 69.6 cm³/mol. The summed E-state index contributed by atoms with van der Waals surface area (Å²) >= 11 is 0. The molecule has 1 aromatic carbocycles. The molecule has 90 valence electrons. The summed E-state index contributed by atoms with van der Waals surface area (Å²) < 4.78 is 5.38. The van der Waals surface area contributed by atoms with E-state index in [0.29, 0.717) is 0 Å². The fraction of sp³-hybridized carbons (Fsp3) is 0.0714. The molecule has 0 bridgehead atoms. The van der Waals surface area contributed by atoms with Crippen LogP contribution in [0.3, 0.4) is 0 Å². The number of benzene rings is 1. The molecule has 0 amide bonds. The lowest BCUT2D eigenvalue weighted by Crippen LogP contribution is -2.28. The highest BCUT2D eigenvalue weighted by Gasteiger charge is 2.15. The molecule has 1 atom stereocenters. The van der Waals surface area contributed by atoms with Crippen LogP contribution in [0.1, 0.15) is 17.4 Å². The van der Waals surface area contributed by atoms with Crippen LogP contribution in [0.25, 0.3) is 10.9 Å². The number of hydrogen-bond donors (Lipinski definition) is 2. The van der Waals surface area contributed by atoms with Gasteiger partial charge in [0.15, 0.2) is 0 Å². The molecule has 4 nitrogen and oxygen atoms in total. The first-order valence-electron chi connectivity index (χ1n) is 5.73. The molecule has 3 aromatic rings. The van der Waals surface area contributed by atoms with Crippen LogP contribution in [0.4, 0.5) is 0 Å². The lowest BCUT2D eigenvalue weighted by atomic mass is 10.1. The van der Waals surface area contributed by atoms with Crippen molar-refractivity contribution in [3.63, 3.8) is 0 Å². The molecule has 0 aliphatic heterocycles. The number of pyridine rings is 1. The smallest absolute Gasteiger partial charge is 0.126 e. The zero-order valence-electron chi connectivity index (χ0n) is 9.71. The maximum atomic E-state index is 5.60. The number of hydrogen-bond acceptors (Lipinski definition) is 4. The summed E-state index contributed by atoms with van der Waals surface area (Å²) in [4.78, 5) is 4.42. The summed E-state index contributed by atoms with van der Waals surface area (Å²) in [6.07, 6.45) is 3.45. The summed E-state index contributed by atoms with van der Waals surface area (Å²) in [6, 6.07) is 13.6. The number of hydrazine groups is 1. The van der Waals surface area contributed by atoms with Gasteiger partial charge in [-0.2, -0.15) is 0 Å². The fourth-order valence-corrected chi connectivity index (χ4v) is 2.04. The lowest BCUT2D eigenvalue weighted by Gasteiger charge is -2.13. The highest BCUT2D eigenvalue weighted by atomic mass is 16.3. The first-order valence-corrected chi connectivity index (χ1v) is 5.73. The number of furan rings is 1. The second-order valence-corrected chi connectivity index (χ2v) is 4.08. The third kappa shape index (κ3) is 1.88. The normalized spacial score (nSPS) is 12.7. The first kappa shape index (κ1) is 11.0. The van der Waals surface area contributed by atoms with Crippen LogP contribution in [0.15, 0.2) is 59.3 Å². The van der Waals surface area contributed by atoms with Crippen LogP contribution in [0.2, 0.25) is 0 Å². The van der Waals surface area contributed by atoms with Gasteiger partial charge in [0.05, 0.1) is 11.8 Å². The van der Waals surface area contributed by atoms with Crippen LogP contribution in [0, 0.1) is 0 Å². The van der Waals surface area contributed by atoms with E-state index in [2.05, 4.69) is 16.5 Å². The van der Waals surface area contributed by atoms with Crippen LogP contribution in [0.5, 0.6) is 0 Å². The molecule has 0 fully saturated rings. The topological polar surface area (TPSA) is 64.1 Å². The Morgan fingerprint density at radius 1 is 1.17 bits per heavy atom. The third-order valence-corrected chi connectivity index (χ3v) is 2.94. The van der Waals surface area contributed by atoms with E-state index in [4.69, 9.17) is 10.3 Å². The minimum atomic E-state index is -0.183. The van der Waals surface area contributed by atoms with Gasteiger partial charge in [-0.3, -0.25) is 10.8 Å². The Kier molecular flexibility index (Phi) is 2.80. The quantitative estimate of drug-likeness (QED) is 0.544. The average Bonchev–Trinajstić information content (AvgIpc) is 2.93. The van der Waals surface area contributed by atoms with E-state index in [1.807, 2.05) is 42.6 Å². The molecule has 1 unspecified atom stereocenters. The summed E-state index contributed by atoms with van der Waals surface area (Å²) in [6.45, 7) is 0. The Hall–Kier alpha value is -2.17. The van der Waals surface area contributed by atoms with Gasteiger partial charge in [-0.1, -0.05) is 18.2 Å². The van der Waals surface area contributed by atoms with E-state index in [-0.39, 0.29) is 6.04 Å². The van der Waals surface area contributed by atoms with Gasteiger partial charge in [-0.15, -0.1) is 0 Å². The van der Waals surface area contributed by atoms with E-state index < -0.39 is 0 Å². The van der Waals surface area contributed by atoms with Gasteiger partial charge in [0.2, 0.25) is 0 Å². The fourth-order valence-electron chi connectivity index (χ4n) is 2.04. The van der Waals surface area contributed by atoms with Gasteiger partial charge in [-0.05, 0) is 29.8 Å². The number of nitrogens with two attached hydrogens (primary N) is 1. The molecule has 0 aliphatic rings. The second kappa shape index (κ2) is 4.60. The van der Waals surface area contributed by atoms with Gasteiger partial charge < -0.3 is 4.42 Å². The number of para-hydroxylation sites is 1. The number of rotatable bonds is 3. The molecule has 2 aromatic heterocycles. The molecule has 0 spiro atoms. The Morgan fingerprint density at radius 2 is 2.06 bits per heavy atom. The molecule has 4 heteroatoms. The van der Waals surface area contributed by atoms with Gasteiger partial charge >= 0.3 is 0 Å². The number of nitrogens with zero attached hydrogens (tertiary/aromatic N) is 1. The Bertz CT molecular complexity index is 649. The summed E-state index contributed by atoms with van der Waals surface area (Å²) in [5, 5.41) is 1.09. The average molecular weight is 239 g/mol. The number of nitrogens with one attached hydrogen (secondary N) is 1. The van der Waals surface area contributed by atoms with Crippen molar-refractivity contribution in [2.24, 2.45) is 5.84 Å². The number of fused-ring (bicyclic) bond motifs is 1. The Balaban J connectivity index is 2.07. The second-order valence-electron chi connectivity index (χ2n) is 4.08. The Morgan fingerprint density at radius 3 is 2.83 bits per heavy atom. The van der Waals surface area contributed by atoms with E-state index in [0.717, 1.165) is 22.2 Å². The van der Waals surface area contributed by atoms with Crippen molar-refractivity contribution in [2.45, 2.75) is 6.04 Å². The largest absolute Gasteiger partial charge is 0.467 e. The van der Waals surface area contributed by atoms with E-state index in [1.54, 1.807) is 6.26 Å². The van der Waals surface area contributed by atoms with Gasteiger partial charge in [0, 0.05) is 11.6 Å². The monoisotopic (exact) mass is 239 g/mol. The number of aromatic nitrogens is 1. The van der Waals surface area contributed by atoms with Crippen molar-refractivity contribution in [1.82, 2.24) is 10.4 Å². The first-order chi connectivity index (χ1) is 8.88. The molecule has 3 N–H and O–H groups in total. The molecule has 3 rings (SSSR count). The SMILES string of the molecule is NNC(c1cnc2ccccc2c1)c1ccco1. The van der Waals surface area contributed by atoms with Crippen molar-refractivity contribution in [2.75, 3.05) is 0 Å². The molecule has 2 heterocycles. The van der Waals surface area contributed by atoms with E-state index >= 15 is 0 Å². The summed E-state index contributed by atoms with van der Waals surface area (Å²) in [7, 11) is 0. The maximum Gasteiger partial charge on any atom is 0.126 e. The standard InChI is InChI=1S/C14H13N3O/c15-17-14(13-6-3-7-18-13)11-8-10-4-1-2-5-12(10)16-9-11/h1-9,14,17H,15H2. The third-order valence-electron chi connectivity index (χ3n) is 2.94. The minimum Gasteiger partial charge on any atom is -0.467 e. The molecular weight excluding hydrogens is 226 g/mol. The van der Waals surface area contributed by atoms with Gasteiger partial charge in [0.1, 0.15) is 11.8 Å². The maximum absolute atomic E-state index is 5.60. The highest BCUT2D eigenvalue weighted by molar-refractivity contribution is 5.78. The molecule has 0 saturated carbocycles. The Labute approximate surface area is 104 Å². The van der Waals surface area contributed by atoms with Crippen molar-refractivity contribution in [3.8, 4) is 0 Å².